The molecule has 0 aliphatic heterocycles. The van der Waals surface area contributed by atoms with Crippen LogP contribution in [0.2, 0.25) is 0 Å². The molecule has 1 aliphatic carbocycles. The first kappa shape index (κ1) is 9.24. The van der Waals surface area contributed by atoms with Crippen LogP contribution in [0.25, 0.3) is 0 Å². The molecule has 1 rings (SSSR count). The van der Waals surface area contributed by atoms with Crippen LogP contribution in [0.5, 0.6) is 0 Å². The highest BCUT2D eigenvalue weighted by atomic mass is 16.1. The molecule has 0 saturated heterocycles. The van der Waals surface area contributed by atoms with E-state index in [0.717, 1.165) is 12.8 Å². The van der Waals surface area contributed by atoms with E-state index in [2.05, 4.69) is 13.5 Å². The molecule has 2 atom stereocenters. The van der Waals surface area contributed by atoms with Crippen LogP contribution in [0.15, 0.2) is 24.8 Å². The van der Waals surface area contributed by atoms with Crippen molar-refractivity contribution in [3.63, 3.8) is 0 Å². The van der Waals surface area contributed by atoms with Crippen molar-refractivity contribution in [3.05, 3.63) is 24.8 Å². The van der Waals surface area contributed by atoms with Crippen LogP contribution in [-0.2, 0) is 4.79 Å². The van der Waals surface area contributed by atoms with Gasteiger partial charge in [0.1, 0.15) is 0 Å². The molecule has 12 heavy (non-hydrogen) atoms. The molecule has 0 aromatic heterocycles. The summed E-state index contributed by atoms with van der Waals surface area (Å²) in [6, 6.07) is 0. The van der Waals surface area contributed by atoms with Crippen molar-refractivity contribution in [2.45, 2.75) is 26.7 Å². The summed E-state index contributed by atoms with van der Waals surface area (Å²) in [7, 11) is 0. The predicted octanol–water partition coefficient (Wildman–Crippen LogP) is 2.73. The molecule has 1 nitrogen and oxygen atoms in total. The summed E-state index contributed by atoms with van der Waals surface area (Å²) in [5.41, 5.74) is -0.198. The van der Waals surface area contributed by atoms with Gasteiger partial charge in [0, 0.05) is 5.41 Å². The second kappa shape index (κ2) is 3.26. The molecule has 66 valence electrons. The molecule has 0 fully saturated rings. The minimum Gasteiger partial charge on any atom is -0.294 e. The van der Waals surface area contributed by atoms with Gasteiger partial charge in [0.2, 0.25) is 0 Å². The first-order valence-electron chi connectivity index (χ1n) is 4.43. The van der Waals surface area contributed by atoms with E-state index in [1.165, 1.54) is 0 Å². The van der Waals surface area contributed by atoms with Gasteiger partial charge in [0.25, 0.3) is 0 Å². The molecule has 0 saturated carbocycles. The molecule has 0 aromatic carbocycles. The third kappa shape index (κ3) is 1.36. The van der Waals surface area contributed by atoms with Crippen molar-refractivity contribution in [3.8, 4) is 0 Å². The summed E-state index contributed by atoms with van der Waals surface area (Å²) in [5.74, 6) is 0.689. The number of hydrogen-bond donors (Lipinski definition) is 0. The van der Waals surface area contributed by atoms with E-state index in [0.29, 0.717) is 5.92 Å². The summed E-state index contributed by atoms with van der Waals surface area (Å²) in [6.45, 7) is 7.86. The fourth-order valence-corrected chi connectivity index (χ4v) is 1.67. The third-order valence-corrected chi connectivity index (χ3v) is 2.98. The SMILES string of the molecule is C=CC[C@]1(C)C(=O)C=CC[C@@H]1C. The zero-order chi connectivity index (χ0) is 9.19. The average Bonchev–Trinajstić information content (AvgIpc) is 2.02. The monoisotopic (exact) mass is 164 g/mol. The van der Waals surface area contributed by atoms with Crippen molar-refractivity contribution >= 4 is 5.78 Å². The summed E-state index contributed by atoms with van der Waals surface area (Å²) in [4.78, 5) is 11.6. The van der Waals surface area contributed by atoms with E-state index in [9.17, 15) is 4.79 Å². The Morgan fingerprint density at radius 2 is 2.50 bits per heavy atom. The maximum absolute atomic E-state index is 11.6. The van der Waals surface area contributed by atoms with Crippen LogP contribution in [0.3, 0.4) is 0 Å². The van der Waals surface area contributed by atoms with Crippen LogP contribution < -0.4 is 0 Å². The Balaban J connectivity index is 2.90. The predicted molar refractivity (Wildman–Crippen MR) is 50.8 cm³/mol. The van der Waals surface area contributed by atoms with Gasteiger partial charge in [-0.3, -0.25) is 4.79 Å². The Morgan fingerprint density at radius 3 is 3.00 bits per heavy atom. The van der Waals surface area contributed by atoms with Gasteiger partial charge >= 0.3 is 0 Å². The van der Waals surface area contributed by atoms with E-state index < -0.39 is 0 Å². The number of carbonyl (C=O) groups is 1. The minimum atomic E-state index is -0.198. The average molecular weight is 164 g/mol. The Kier molecular flexibility index (Phi) is 2.51. The number of carbonyl (C=O) groups excluding carboxylic acids is 1. The highest BCUT2D eigenvalue weighted by Gasteiger charge is 2.37. The molecule has 0 aromatic rings. The third-order valence-electron chi connectivity index (χ3n) is 2.98. The van der Waals surface area contributed by atoms with Gasteiger partial charge in [-0.25, -0.2) is 0 Å². The second-order valence-electron chi connectivity index (χ2n) is 3.81. The van der Waals surface area contributed by atoms with Gasteiger partial charge in [0.05, 0.1) is 0 Å². The van der Waals surface area contributed by atoms with E-state index >= 15 is 0 Å². The van der Waals surface area contributed by atoms with Gasteiger partial charge in [-0.2, -0.15) is 0 Å². The molecule has 0 N–H and O–H groups in total. The zero-order valence-corrected chi connectivity index (χ0v) is 7.84. The molecular weight excluding hydrogens is 148 g/mol. The van der Waals surface area contributed by atoms with Crippen LogP contribution >= 0.6 is 0 Å². The molecular formula is C11H16O. The van der Waals surface area contributed by atoms with Crippen molar-refractivity contribution in [2.75, 3.05) is 0 Å². The van der Waals surface area contributed by atoms with Crippen LogP contribution in [0.4, 0.5) is 0 Å². The topological polar surface area (TPSA) is 17.1 Å². The molecule has 0 amide bonds. The van der Waals surface area contributed by atoms with Crippen molar-refractivity contribution in [1.29, 1.82) is 0 Å². The lowest BCUT2D eigenvalue weighted by atomic mass is 9.68. The van der Waals surface area contributed by atoms with Crippen molar-refractivity contribution in [1.82, 2.24) is 0 Å². The Hall–Kier alpha value is -0.850. The zero-order valence-electron chi connectivity index (χ0n) is 7.84. The molecule has 0 unspecified atom stereocenters. The summed E-state index contributed by atoms with van der Waals surface area (Å²) >= 11 is 0. The first-order chi connectivity index (χ1) is 5.61. The van der Waals surface area contributed by atoms with Crippen LogP contribution in [0, 0.1) is 11.3 Å². The largest absolute Gasteiger partial charge is 0.294 e. The van der Waals surface area contributed by atoms with Gasteiger partial charge in [-0.1, -0.05) is 26.0 Å². The van der Waals surface area contributed by atoms with Crippen molar-refractivity contribution in [2.24, 2.45) is 11.3 Å². The number of hydrogen-bond acceptors (Lipinski definition) is 1. The molecule has 0 bridgehead atoms. The van der Waals surface area contributed by atoms with Gasteiger partial charge in [0.15, 0.2) is 5.78 Å². The van der Waals surface area contributed by atoms with Crippen molar-refractivity contribution < 1.29 is 4.79 Å². The Bertz CT molecular complexity index is 227. The van der Waals surface area contributed by atoms with Crippen LogP contribution in [0.1, 0.15) is 26.7 Å². The fraction of sp³-hybridized carbons (Fsp3) is 0.545. The molecule has 0 radical (unpaired) electrons. The summed E-state index contributed by atoms with van der Waals surface area (Å²) < 4.78 is 0. The lowest BCUT2D eigenvalue weighted by Gasteiger charge is -2.34. The lowest BCUT2D eigenvalue weighted by Crippen LogP contribution is -2.35. The van der Waals surface area contributed by atoms with E-state index in [1.807, 2.05) is 19.1 Å². The molecule has 0 heterocycles. The quantitative estimate of drug-likeness (QED) is 0.573. The number of allylic oxidation sites excluding steroid dienone is 3. The highest BCUT2D eigenvalue weighted by molar-refractivity contribution is 5.95. The van der Waals surface area contributed by atoms with Gasteiger partial charge in [-0.05, 0) is 24.8 Å². The number of ketones is 1. The maximum Gasteiger partial charge on any atom is 0.161 e. The Labute approximate surface area is 74.2 Å². The highest BCUT2D eigenvalue weighted by Crippen LogP contribution is 2.38. The normalized spacial score (nSPS) is 35.2. The lowest BCUT2D eigenvalue weighted by molar-refractivity contribution is -0.126. The Morgan fingerprint density at radius 1 is 1.83 bits per heavy atom. The molecule has 1 aliphatic rings. The van der Waals surface area contributed by atoms with E-state index in [4.69, 9.17) is 0 Å². The molecule has 1 heteroatoms. The molecule has 0 spiro atoms. The smallest absolute Gasteiger partial charge is 0.161 e. The number of rotatable bonds is 2. The fourth-order valence-electron chi connectivity index (χ4n) is 1.67. The standard InChI is InChI=1S/C11H16O/c1-4-8-11(3)9(2)6-5-7-10(11)12/h4-5,7,9H,1,6,8H2,2-3H3/t9-,11-/m0/s1. The summed E-state index contributed by atoms with van der Waals surface area (Å²) in [5, 5.41) is 0. The van der Waals surface area contributed by atoms with Gasteiger partial charge in [-0.15, -0.1) is 6.58 Å². The minimum absolute atomic E-state index is 0.198. The maximum atomic E-state index is 11.6. The second-order valence-corrected chi connectivity index (χ2v) is 3.81. The first-order valence-corrected chi connectivity index (χ1v) is 4.43. The van der Waals surface area contributed by atoms with Crippen LogP contribution in [-0.4, -0.2) is 5.78 Å². The van der Waals surface area contributed by atoms with Gasteiger partial charge < -0.3 is 0 Å². The summed E-state index contributed by atoms with van der Waals surface area (Å²) in [6.07, 6.45) is 7.32. The van der Waals surface area contributed by atoms with E-state index in [-0.39, 0.29) is 11.2 Å². The van der Waals surface area contributed by atoms with E-state index in [1.54, 1.807) is 6.08 Å².